The van der Waals surface area contributed by atoms with Gasteiger partial charge >= 0.3 is 0 Å². The van der Waals surface area contributed by atoms with Crippen LogP contribution in [0.15, 0.2) is 18.3 Å². The van der Waals surface area contributed by atoms with Crippen LogP contribution in [0.25, 0.3) is 0 Å². The van der Waals surface area contributed by atoms with Crippen molar-refractivity contribution in [3.05, 3.63) is 23.9 Å². The number of carbonyl (C=O) groups excluding carboxylic acids is 1. The molecule has 0 aliphatic carbocycles. The Bertz CT molecular complexity index is 524. The van der Waals surface area contributed by atoms with Gasteiger partial charge in [-0.2, -0.15) is 0 Å². The van der Waals surface area contributed by atoms with Gasteiger partial charge < -0.3 is 19.7 Å². The van der Waals surface area contributed by atoms with Gasteiger partial charge in [0.15, 0.2) is 0 Å². The highest BCUT2D eigenvalue weighted by molar-refractivity contribution is 5.98. The molecule has 1 aromatic rings. The van der Waals surface area contributed by atoms with Gasteiger partial charge in [-0.15, -0.1) is 0 Å². The van der Waals surface area contributed by atoms with Crippen molar-refractivity contribution in [1.82, 2.24) is 10.3 Å². The summed E-state index contributed by atoms with van der Waals surface area (Å²) in [5.41, 5.74) is 0.637. The second-order valence-corrected chi connectivity index (χ2v) is 6.20. The van der Waals surface area contributed by atoms with Crippen molar-refractivity contribution in [1.29, 1.82) is 0 Å². The number of ether oxygens (including phenoxy) is 2. The van der Waals surface area contributed by atoms with Crippen LogP contribution in [0.4, 0.5) is 5.82 Å². The van der Waals surface area contributed by atoms with E-state index in [0.717, 1.165) is 58.0 Å². The fourth-order valence-electron chi connectivity index (χ4n) is 3.18. The van der Waals surface area contributed by atoms with Gasteiger partial charge in [-0.05, 0) is 31.4 Å². The van der Waals surface area contributed by atoms with E-state index in [2.05, 4.69) is 15.2 Å². The molecule has 2 aliphatic rings. The molecular weight excluding hydrogens is 294 g/mol. The highest BCUT2D eigenvalue weighted by Crippen LogP contribution is 2.24. The minimum Gasteiger partial charge on any atom is -0.381 e. The third-order valence-corrected chi connectivity index (χ3v) is 4.59. The van der Waals surface area contributed by atoms with Gasteiger partial charge in [-0.3, -0.25) is 4.79 Å². The molecule has 1 N–H and O–H groups in total. The van der Waals surface area contributed by atoms with Crippen LogP contribution in [0, 0.1) is 5.92 Å². The molecule has 6 heteroatoms. The summed E-state index contributed by atoms with van der Waals surface area (Å²) in [5.74, 6) is 1.24. The van der Waals surface area contributed by atoms with Gasteiger partial charge in [-0.1, -0.05) is 0 Å². The standard InChI is InChI=1S/C17H25N3O3/c1-18-17(21)15-3-2-7-19-16(15)20-8-4-14(5-9-20)23-12-13-6-10-22-11-13/h2-3,7,13-14H,4-6,8-12H2,1H3,(H,18,21). The highest BCUT2D eigenvalue weighted by atomic mass is 16.5. The van der Waals surface area contributed by atoms with Gasteiger partial charge in [0.2, 0.25) is 0 Å². The van der Waals surface area contributed by atoms with Gasteiger partial charge in [0.25, 0.3) is 5.91 Å². The van der Waals surface area contributed by atoms with E-state index < -0.39 is 0 Å². The first-order valence-corrected chi connectivity index (χ1v) is 8.39. The first kappa shape index (κ1) is 16.2. The van der Waals surface area contributed by atoms with Crippen molar-refractivity contribution in [3.63, 3.8) is 0 Å². The molecule has 1 atom stereocenters. The largest absolute Gasteiger partial charge is 0.381 e. The van der Waals surface area contributed by atoms with Crippen molar-refractivity contribution < 1.29 is 14.3 Å². The van der Waals surface area contributed by atoms with Crippen LogP contribution in [0.5, 0.6) is 0 Å². The number of piperidine rings is 1. The molecule has 23 heavy (non-hydrogen) atoms. The average molecular weight is 319 g/mol. The zero-order valence-electron chi connectivity index (χ0n) is 13.7. The number of hydrogen-bond acceptors (Lipinski definition) is 5. The molecule has 1 amide bonds. The molecule has 1 unspecified atom stereocenters. The Morgan fingerprint density at radius 1 is 1.43 bits per heavy atom. The average Bonchev–Trinajstić information content (AvgIpc) is 3.13. The van der Waals surface area contributed by atoms with E-state index in [1.54, 1.807) is 19.3 Å². The maximum atomic E-state index is 12.0. The summed E-state index contributed by atoms with van der Waals surface area (Å²) in [6.07, 6.45) is 5.10. The van der Waals surface area contributed by atoms with Crippen LogP contribution in [0.1, 0.15) is 29.6 Å². The monoisotopic (exact) mass is 319 g/mol. The molecule has 2 saturated heterocycles. The maximum absolute atomic E-state index is 12.0. The highest BCUT2D eigenvalue weighted by Gasteiger charge is 2.25. The Morgan fingerprint density at radius 3 is 2.96 bits per heavy atom. The summed E-state index contributed by atoms with van der Waals surface area (Å²) in [7, 11) is 1.64. The summed E-state index contributed by atoms with van der Waals surface area (Å²) < 4.78 is 11.4. The quantitative estimate of drug-likeness (QED) is 0.890. The Kier molecular flexibility index (Phi) is 5.46. The summed E-state index contributed by atoms with van der Waals surface area (Å²) in [6, 6.07) is 3.62. The van der Waals surface area contributed by atoms with Crippen LogP contribution < -0.4 is 10.2 Å². The Hall–Kier alpha value is -1.66. The van der Waals surface area contributed by atoms with Gasteiger partial charge in [0.1, 0.15) is 5.82 Å². The van der Waals surface area contributed by atoms with E-state index >= 15 is 0 Å². The second kappa shape index (κ2) is 7.75. The first-order valence-electron chi connectivity index (χ1n) is 8.39. The number of anilines is 1. The van der Waals surface area contributed by atoms with E-state index in [1.807, 2.05) is 6.07 Å². The molecule has 0 spiro atoms. The van der Waals surface area contributed by atoms with E-state index in [1.165, 1.54) is 0 Å². The number of hydrogen-bond donors (Lipinski definition) is 1. The van der Waals surface area contributed by atoms with Crippen LogP contribution >= 0.6 is 0 Å². The van der Waals surface area contributed by atoms with Crippen molar-refractivity contribution in [2.45, 2.75) is 25.4 Å². The Balaban J connectivity index is 1.53. The molecule has 0 radical (unpaired) electrons. The first-order chi connectivity index (χ1) is 11.3. The number of aromatic nitrogens is 1. The summed E-state index contributed by atoms with van der Waals surface area (Å²) >= 11 is 0. The summed E-state index contributed by atoms with van der Waals surface area (Å²) in [5, 5.41) is 2.68. The molecule has 3 rings (SSSR count). The van der Waals surface area contributed by atoms with Crippen LogP contribution in [-0.2, 0) is 9.47 Å². The number of nitrogens with one attached hydrogen (secondary N) is 1. The van der Waals surface area contributed by atoms with Crippen molar-refractivity contribution in [2.24, 2.45) is 5.92 Å². The third-order valence-electron chi connectivity index (χ3n) is 4.59. The summed E-state index contributed by atoms with van der Waals surface area (Å²) in [4.78, 5) is 18.6. The van der Waals surface area contributed by atoms with Gasteiger partial charge in [-0.25, -0.2) is 4.98 Å². The van der Waals surface area contributed by atoms with Crippen molar-refractivity contribution in [3.8, 4) is 0 Å². The topological polar surface area (TPSA) is 63.7 Å². The van der Waals surface area contributed by atoms with E-state index in [0.29, 0.717) is 17.6 Å². The molecule has 0 bridgehead atoms. The molecule has 126 valence electrons. The maximum Gasteiger partial charge on any atom is 0.254 e. The van der Waals surface area contributed by atoms with Crippen LogP contribution in [0.3, 0.4) is 0 Å². The SMILES string of the molecule is CNC(=O)c1cccnc1N1CCC(OCC2CCOC2)CC1. The van der Waals surface area contributed by atoms with E-state index in [-0.39, 0.29) is 5.91 Å². The predicted molar refractivity (Wildman–Crippen MR) is 87.7 cm³/mol. The van der Waals surface area contributed by atoms with E-state index in [9.17, 15) is 4.79 Å². The number of carbonyl (C=O) groups is 1. The fourth-order valence-corrected chi connectivity index (χ4v) is 3.18. The Labute approximate surface area is 137 Å². The molecule has 1 aromatic heterocycles. The minimum absolute atomic E-state index is 0.0901. The normalized spacial score (nSPS) is 22.3. The zero-order valence-corrected chi connectivity index (χ0v) is 13.7. The lowest BCUT2D eigenvalue weighted by atomic mass is 10.1. The molecule has 3 heterocycles. The zero-order chi connectivity index (χ0) is 16.1. The van der Waals surface area contributed by atoms with Gasteiger partial charge in [0.05, 0.1) is 24.9 Å². The lowest BCUT2D eigenvalue weighted by Gasteiger charge is -2.33. The Morgan fingerprint density at radius 2 is 2.26 bits per heavy atom. The third kappa shape index (κ3) is 4.00. The number of nitrogens with zero attached hydrogens (tertiary/aromatic N) is 2. The van der Waals surface area contributed by atoms with Crippen molar-refractivity contribution in [2.75, 3.05) is 44.9 Å². The fraction of sp³-hybridized carbons (Fsp3) is 0.647. The number of pyridine rings is 1. The van der Waals surface area contributed by atoms with Crippen LogP contribution in [-0.4, -0.2) is 57.0 Å². The molecule has 0 saturated carbocycles. The van der Waals surface area contributed by atoms with Crippen molar-refractivity contribution >= 4 is 11.7 Å². The smallest absolute Gasteiger partial charge is 0.254 e. The number of amides is 1. The number of rotatable bonds is 5. The molecular formula is C17H25N3O3. The van der Waals surface area contributed by atoms with Crippen LogP contribution in [0.2, 0.25) is 0 Å². The molecule has 6 nitrogen and oxygen atoms in total. The molecule has 2 aliphatic heterocycles. The second-order valence-electron chi connectivity index (χ2n) is 6.20. The lowest BCUT2D eigenvalue weighted by molar-refractivity contribution is 0.0131. The van der Waals surface area contributed by atoms with E-state index in [4.69, 9.17) is 9.47 Å². The molecule has 0 aromatic carbocycles. The predicted octanol–water partition coefficient (Wildman–Crippen LogP) is 1.46. The van der Waals surface area contributed by atoms with Gasteiger partial charge in [0, 0.05) is 38.9 Å². The summed E-state index contributed by atoms with van der Waals surface area (Å²) in [6.45, 7) is 4.24. The molecule has 2 fully saturated rings. The lowest BCUT2D eigenvalue weighted by Crippen LogP contribution is -2.39. The minimum atomic E-state index is -0.0901.